The fourth-order valence-electron chi connectivity index (χ4n) is 3.48. The van der Waals surface area contributed by atoms with Crippen LogP contribution in [0.2, 0.25) is 5.02 Å². The lowest BCUT2D eigenvalue weighted by molar-refractivity contribution is 0.0233. The van der Waals surface area contributed by atoms with Crippen LogP contribution < -0.4 is 0 Å². The van der Waals surface area contributed by atoms with Crippen LogP contribution in [0, 0.1) is 0 Å². The van der Waals surface area contributed by atoms with Gasteiger partial charge in [-0.05, 0) is 50.6 Å². The van der Waals surface area contributed by atoms with E-state index in [2.05, 4.69) is 10.1 Å². The minimum atomic E-state index is -0.667. The summed E-state index contributed by atoms with van der Waals surface area (Å²) in [5.74, 6) is -0.391. The molecule has 31 heavy (non-hydrogen) atoms. The number of hydrogen-bond acceptors (Lipinski definition) is 5. The van der Waals surface area contributed by atoms with Gasteiger partial charge in [0.25, 0.3) is 5.91 Å². The normalized spacial score (nSPS) is 13.8. The zero-order valence-corrected chi connectivity index (χ0v) is 18.4. The summed E-state index contributed by atoms with van der Waals surface area (Å²) in [7, 11) is 0. The highest BCUT2D eigenvalue weighted by molar-refractivity contribution is 6.30. The second kappa shape index (κ2) is 8.15. The van der Waals surface area contributed by atoms with Crippen LogP contribution in [-0.4, -0.2) is 43.8 Å². The molecule has 160 valence electrons. The van der Waals surface area contributed by atoms with E-state index < -0.39 is 17.6 Å². The van der Waals surface area contributed by atoms with Crippen molar-refractivity contribution in [3.05, 3.63) is 76.3 Å². The topological polar surface area (TPSA) is 77.3 Å². The number of carbonyl (C=O) groups excluding carboxylic acids is 2. The van der Waals surface area contributed by atoms with Crippen molar-refractivity contribution in [1.82, 2.24) is 19.7 Å². The predicted molar refractivity (Wildman–Crippen MR) is 117 cm³/mol. The van der Waals surface area contributed by atoms with Crippen LogP contribution in [0.5, 0.6) is 0 Å². The van der Waals surface area contributed by atoms with Gasteiger partial charge in [0.1, 0.15) is 5.60 Å². The number of imide groups is 1. The number of amides is 2. The first-order valence-corrected chi connectivity index (χ1v) is 10.4. The molecule has 8 heteroatoms. The SMILES string of the molecule is CC(C)(C)OC(=O)N1CCc2c(cnn2-c2ccnc(Cc3ccc(Cl)cc3)c2)C1=O. The Morgan fingerprint density at radius 1 is 1.19 bits per heavy atom. The van der Waals surface area contributed by atoms with Crippen molar-refractivity contribution < 1.29 is 14.3 Å². The van der Waals surface area contributed by atoms with Crippen molar-refractivity contribution >= 4 is 23.6 Å². The molecule has 7 nitrogen and oxygen atoms in total. The largest absolute Gasteiger partial charge is 0.443 e. The molecule has 1 aromatic carbocycles. The first-order valence-electron chi connectivity index (χ1n) is 10.0. The Balaban J connectivity index is 1.57. The summed E-state index contributed by atoms with van der Waals surface area (Å²) in [6, 6.07) is 11.4. The quantitative estimate of drug-likeness (QED) is 0.604. The van der Waals surface area contributed by atoms with Gasteiger partial charge in [-0.3, -0.25) is 9.78 Å². The van der Waals surface area contributed by atoms with E-state index in [-0.39, 0.29) is 6.54 Å². The molecule has 0 bridgehead atoms. The molecule has 3 heterocycles. The molecule has 2 amide bonds. The Morgan fingerprint density at radius 3 is 2.65 bits per heavy atom. The molecule has 4 rings (SSSR count). The average molecular weight is 439 g/mol. The lowest BCUT2D eigenvalue weighted by Crippen LogP contribution is -2.44. The Labute approximate surface area is 185 Å². The highest BCUT2D eigenvalue weighted by Crippen LogP contribution is 2.24. The van der Waals surface area contributed by atoms with Crippen LogP contribution in [0.3, 0.4) is 0 Å². The Morgan fingerprint density at radius 2 is 1.94 bits per heavy atom. The average Bonchev–Trinajstić information content (AvgIpc) is 3.14. The maximum Gasteiger partial charge on any atom is 0.417 e. The number of aromatic nitrogens is 3. The minimum Gasteiger partial charge on any atom is -0.443 e. The molecule has 0 saturated heterocycles. The number of halogens is 1. The molecule has 0 unspecified atom stereocenters. The summed E-state index contributed by atoms with van der Waals surface area (Å²) >= 11 is 5.96. The van der Waals surface area contributed by atoms with Gasteiger partial charge in [-0.2, -0.15) is 5.10 Å². The lowest BCUT2D eigenvalue weighted by atomic mass is 10.1. The van der Waals surface area contributed by atoms with E-state index in [0.29, 0.717) is 23.4 Å². The third-order valence-corrected chi connectivity index (χ3v) is 5.13. The molecule has 0 atom stereocenters. The number of fused-ring (bicyclic) bond motifs is 1. The fraction of sp³-hybridized carbons (Fsp3) is 0.304. The maximum atomic E-state index is 12.9. The van der Waals surface area contributed by atoms with Crippen molar-refractivity contribution in [3.8, 4) is 5.69 Å². The summed E-state index contributed by atoms with van der Waals surface area (Å²) in [5.41, 5.74) is 3.31. The van der Waals surface area contributed by atoms with E-state index in [0.717, 1.165) is 27.5 Å². The Hall–Kier alpha value is -3.19. The molecule has 0 N–H and O–H groups in total. The van der Waals surface area contributed by atoms with Crippen LogP contribution in [0.15, 0.2) is 48.8 Å². The van der Waals surface area contributed by atoms with Gasteiger partial charge in [-0.15, -0.1) is 0 Å². The molecule has 0 aliphatic carbocycles. The van der Waals surface area contributed by atoms with Crippen LogP contribution in [0.25, 0.3) is 5.69 Å². The number of rotatable bonds is 3. The number of ether oxygens (including phenoxy) is 1. The Bertz CT molecular complexity index is 1130. The highest BCUT2D eigenvalue weighted by atomic mass is 35.5. The van der Waals surface area contributed by atoms with Crippen molar-refractivity contribution in [2.45, 2.75) is 39.2 Å². The monoisotopic (exact) mass is 438 g/mol. The summed E-state index contributed by atoms with van der Waals surface area (Å²) in [5, 5.41) is 5.11. The van der Waals surface area contributed by atoms with Gasteiger partial charge < -0.3 is 4.74 Å². The molecule has 1 aliphatic rings. The highest BCUT2D eigenvalue weighted by Gasteiger charge is 2.34. The molecule has 3 aromatic rings. The summed E-state index contributed by atoms with van der Waals surface area (Å²) < 4.78 is 7.10. The first-order chi connectivity index (χ1) is 14.7. The zero-order chi connectivity index (χ0) is 22.2. The molecular formula is C23H23ClN4O3. The molecular weight excluding hydrogens is 416 g/mol. The van der Waals surface area contributed by atoms with Gasteiger partial charge in [0.2, 0.25) is 0 Å². The van der Waals surface area contributed by atoms with Crippen molar-refractivity contribution in [2.24, 2.45) is 0 Å². The summed E-state index contributed by atoms with van der Waals surface area (Å²) in [4.78, 5) is 30.9. The second-order valence-electron chi connectivity index (χ2n) is 8.41. The Kier molecular flexibility index (Phi) is 5.54. The first kappa shape index (κ1) is 21.1. The van der Waals surface area contributed by atoms with Crippen LogP contribution in [-0.2, 0) is 17.6 Å². The number of nitrogens with zero attached hydrogens (tertiary/aromatic N) is 4. The van der Waals surface area contributed by atoms with Gasteiger partial charge >= 0.3 is 6.09 Å². The van der Waals surface area contributed by atoms with Gasteiger partial charge in [-0.1, -0.05) is 23.7 Å². The van der Waals surface area contributed by atoms with Crippen LogP contribution in [0.1, 0.15) is 48.1 Å². The molecule has 0 spiro atoms. The molecule has 2 aromatic heterocycles. The molecule has 0 radical (unpaired) electrons. The lowest BCUT2D eigenvalue weighted by Gasteiger charge is -2.28. The second-order valence-corrected chi connectivity index (χ2v) is 8.85. The standard InChI is InChI=1S/C23H23ClN4O3/c1-23(2,3)31-22(30)27-11-9-20-19(21(27)29)14-26-28(20)18-8-10-25-17(13-18)12-15-4-6-16(24)7-5-15/h4-8,10,13-14H,9,11-12H2,1-3H3. The van der Waals surface area contributed by atoms with E-state index >= 15 is 0 Å². The van der Waals surface area contributed by atoms with Crippen molar-refractivity contribution in [2.75, 3.05) is 6.54 Å². The molecule has 1 aliphatic heterocycles. The van der Waals surface area contributed by atoms with E-state index in [1.165, 1.54) is 6.20 Å². The van der Waals surface area contributed by atoms with Crippen LogP contribution in [0.4, 0.5) is 4.79 Å². The number of hydrogen-bond donors (Lipinski definition) is 0. The third-order valence-electron chi connectivity index (χ3n) is 4.87. The molecule has 0 fully saturated rings. The number of carbonyl (C=O) groups is 2. The predicted octanol–water partition coefficient (Wildman–Crippen LogP) is 4.44. The van der Waals surface area contributed by atoms with E-state index in [1.807, 2.05) is 36.4 Å². The van der Waals surface area contributed by atoms with Crippen molar-refractivity contribution in [1.29, 1.82) is 0 Å². The van der Waals surface area contributed by atoms with Gasteiger partial charge in [0.05, 0.1) is 23.1 Å². The maximum absolute atomic E-state index is 12.9. The van der Waals surface area contributed by atoms with E-state index in [4.69, 9.17) is 16.3 Å². The minimum absolute atomic E-state index is 0.245. The number of benzene rings is 1. The summed E-state index contributed by atoms with van der Waals surface area (Å²) in [6.45, 7) is 5.56. The fourth-order valence-corrected chi connectivity index (χ4v) is 3.60. The van der Waals surface area contributed by atoms with E-state index in [9.17, 15) is 9.59 Å². The zero-order valence-electron chi connectivity index (χ0n) is 17.6. The van der Waals surface area contributed by atoms with Crippen molar-refractivity contribution in [3.63, 3.8) is 0 Å². The van der Waals surface area contributed by atoms with Crippen LogP contribution >= 0.6 is 11.6 Å². The third kappa shape index (κ3) is 4.61. The van der Waals surface area contributed by atoms with E-state index in [1.54, 1.807) is 31.6 Å². The number of pyridine rings is 1. The molecule has 0 saturated carbocycles. The van der Waals surface area contributed by atoms with Gasteiger partial charge in [-0.25, -0.2) is 14.4 Å². The van der Waals surface area contributed by atoms with Gasteiger partial charge in [0, 0.05) is 36.3 Å². The summed E-state index contributed by atoms with van der Waals surface area (Å²) in [6.07, 6.45) is 3.75. The van der Waals surface area contributed by atoms with Gasteiger partial charge in [0.15, 0.2) is 0 Å². The smallest absolute Gasteiger partial charge is 0.417 e.